The van der Waals surface area contributed by atoms with E-state index in [1.54, 1.807) is 19.2 Å². The van der Waals surface area contributed by atoms with Crippen LogP contribution in [0, 0.1) is 0 Å². The molecule has 0 atom stereocenters. The highest BCUT2D eigenvalue weighted by molar-refractivity contribution is 9.10. The molecule has 21 heavy (non-hydrogen) atoms. The van der Waals surface area contributed by atoms with Gasteiger partial charge in [0.25, 0.3) is 0 Å². The number of carbonyl (C=O) groups excluding carboxylic acids is 1. The third kappa shape index (κ3) is 3.51. The molecular formula is C14H18BrClN2O3. The van der Waals surface area contributed by atoms with E-state index in [9.17, 15) is 9.90 Å². The van der Waals surface area contributed by atoms with Crippen LogP contribution in [0.1, 0.15) is 12.5 Å². The van der Waals surface area contributed by atoms with Gasteiger partial charge in [0, 0.05) is 23.7 Å². The third-order valence-electron chi connectivity index (χ3n) is 2.97. The number of halogens is 2. The van der Waals surface area contributed by atoms with Crippen molar-refractivity contribution in [2.75, 3.05) is 20.7 Å². The average molecular weight is 378 g/mol. The monoisotopic (exact) mass is 376 g/mol. The van der Waals surface area contributed by atoms with Crippen molar-refractivity contribution >= 4 is 45.3 Å². The number of hydrogen-bond donors (Lipinski definition) is 1. The summed E-state index contributed by atoms with van der Waals surface area (Å²) in [5, 5.41) is 11.0. The Morgan fingerprint density at radius 2 is 2.14 bits per heavy atom. The number of fused-ring (bicyclic) bond motifs is 1. The van der Waals surface area contributed by atoms with Gasteiger partial charge in [0.1, 0.15) is 5.75 Å². The molecular weight excluding hydrogens is 360 g/mol. The minimum absolute atomic E-state index is 0. The number of aromatic nitrogens is 1. The number of carbonyl (C=O) groups is 1. The highest BCUT2D eigenvalue weighted by atomic mass is 79.9. The largest absolute Gasteiger partial charge is 0.506 e. The summed E-state index contributed by atoms with van der Waals surface area (Å²) < 4.78 is 7.03. The van der Waals surface area contributed by atoms with E-state index in [4.69, 9.17) is 4.74 Å². The molecule has 0 aliphatic carbocycles. The van der Waals surface area contributed by atoms with E-state index in [0.29, 0.717) is 23.1 Å². The fraction of sp³-hybridized carbons (Fsp3) is 0.357. The maximum Gasteiger partial charge on any atom is 0.418 e. The smallest absolute Gasteiger partial charge is 0.418 e. The summed E-state index contributed by atoms with van der Waals surface area (Å²) in [7, 11) is 3.85. The molecule has 0 saturated carbocycles. The predicted octanol–water partition coefficient (Wildman–Crippen LogP) is 3.60. The summed E-state index contributed by atoms with van der Waals surface area (Å²) in [6.07, 6.45) is 1.24. The molecule has 0 radical (unpaired) electrons. The number of aromatic hydroxyl groups is 1. The standard InChI is InChI=1S/C14H17BrN2O3.ClH/c1-4-20-14(19)17-6-5-9-10(8-16(2)3)13(18)11(15)7-12(9)17;/h5-7,18H,4,8H2,1-3H3;1H. The summed E-state index contributed by atoms with van der Waals surface area (Å²) in [5.41, 5.74) is 1.49. The Hall–Kier alpha value is -1.24. The summed E-state index contributed by atoms with van der Waals surface area (Å²) in [4.78, 5) is 13.9. The molecule has 0 saturated heterocycles. The van der Waals surface area contributed by atoms with E-state index in [2.05, 4.69) is 15.9 Å². The lowest BCUT2D eigenvalue weighted by atomic mass is 10.1. The molecule has 0 aliphatic rings. The molecule has 0 spiro atoms. The van der Waals surface area contributed by atoms with Crippen molar-refractivity contribution in [2.45, 2.75) is 13.5 Å². The highest BCUT2D eigenvalue weighted by Crippen LogP contribution is 2.36. The number of ether oxygens (including phenoxy) is 1. The van der Waals surface area contributed by atoms with Gasteiger partial charge in [-0.1, -0.05) is 0 Å². The first kappa shape index (κ1) is 17.8. The molecule has 0 fully saturated rings. The van der Waals surface area contributed by atoms with Crippen molar-refractivity contribution in [3.05, 3.63) is 28.4 Å². The number of benzene rings is 1. The SMILES string of the molecule is CCOC(=O)n1ccc2c(CN(C)C)c(O)c(Br)cc21.Cl. The van der Waals surface area contributed by atoms with Crippen molar-refractivity contribution in [1.82, 2.24) is 9.47 Å². The second-order valence-electron chi connectivity index (χ2n) is 4.74. The summed E-state index contributed by atoms with van der Waals surface area (Å²) in [6, 6.07) is 3.54. The molecule has 0 amide bonds. The molecule has 5 nitrogen and oxygen atoms in total. The molecule has 2 rings (SSSR count). The Morgan fingerprint density at radius 3 is 2.71 bits per heavy atom. The number of phenolic OH excluding ortho intramolecular Hbond substituents is 1. The molecule has 7 heteroatoms. The second-order valence-corrected chi connectivity index (χ2v) is 5.60. The number of phenols is 1. The average Bonchev–Trinajstić information content (AvgIpc) is 2.78. The first-order valence-electron chi connectivity index (χ1n) is 6.29. The lowest BCUT2D eigenvalue weighted by Crippen LogP contribution is -2.13. The molecule has 0 bridgehead atoms. The van der Waals surface area contributed by atoms with Gasteiger partial charge in [-0.3, -0.25) is 4.57 Å². The Kier molecular flexibility index (Phi) is 6.07. The van der Waals surface area contributed by atoms with Gasteiger partial charge in [0.15, 0.2) is 0 Å². The van der Waals surface area contributed by atoms with E-state index < -0.39 is 6.09 Å². The number of nitrogens with zero attached hydrogens (tertiary/aromatic N) is 2. The topological polar surface area (TPSA) is 54.7 Å². The van der Waals surface area contributed by atoms with Crippen molar-refractivity contribution in [3.63, 3.8) is 0 Å². The molecule has 2 aromatic rings. The van der Waals surface area contributed by atoms with Crippen molar-refractivity contribution in [3.8, 4) is 5.75 Å². The Balaban J connectivity index is 0.00000220. The van der Waals surface area contributed by atoms with Gasteiger partial charge in [-0.05, 0) is 49.1 Å². The summed E-state index contributed by atoms with van der Waals surface area (Å²) >= 11 is 3.33. The van der Waals surface area contributed by atoms with Crippen LogP contribution in [0.25, 0.3) is 10.9 Å². The quantitative estimate of drug-likeness (QED) is 0.888. The first-order valence-corrected chi connectivity index (χ1v) is 7.08. The third-order valence-corrected chi connectivity index (χ3v) is 3.57. The molecule has 0 aliphatic heterocycles. The van der Waals surface area contributed by atoms with Gasteiger partial charge in [0.2, 0.25) is 0 Å². The zero-order chi connectivity index (χ0) is 14.9. The van der Waals surface area contributed by atoms with Gasteiger partial charge in [0.05, 0.1) is 16.6 Å². The van der Waals surface area contributed by atoms with Gasteiger partial charge >= 0.3 is 6.09 Å². The van der Waals surface area contributed by atoms with Crippen LogP contribution < -0.4 is 0 Å². The van der Waals surface area contributed by atoms with Crippen LogP contribution in [0.2, 0.25) is 0 Å². The fourth-order valence-electron chi connectivity index (χ4n) is 2.14. The van der Waals surface area contributed by atoms with Gasteiger partial charge < -0.3 is 14.7 Å². The zero-order valence-corrected chi connectivity index (χ0v) is 14.5. The van der Waals surface area contributed by atoms with Crippen LogP contribution in [-0.2, 0) is 11.3 Å². The molecule has 0 unspecified atom stereocenters. The van der Waals surface area contributed by atoms with E-state index >= 15 is 0 Å². The van der Waals surface area contributed by atoms with Crippen molar-refractivity contribution in [2.24, 2.45) is 0 Å². The Bertz CT molecular complexity index is 655. The zero-order valence-electron chi connectivity index (χ0n) is 12.1. The molecule has 1 aromatic carbocycles. The maximum atomic E-state index is 11.9. The van der Waals surface area contributed by atoms with Gasteiger partial charge in [-0.15, -0.1) is 12.4 Å². The van der Waals surface area contributed by atoms with Crippen LogP contribution in [0.4, 0.5) is 4.79 Å². The minimum Gasteiger partial charge on any atom is -0.506 e. The molecule has 1 N–H and O–H groups in total. The Morgan fingerprint density at radius 1 is 1.48 bits per heavy atom. The number of rotatable bonds is 3. The second kappa shape index (κ2) is 7.15. The maximum absolute atomic E-state index is 11.9. The first-order chi connectivity index (χ1) is 9.45. The lowest BCUT2D eigenvalue weighted by Gasteiger charge is -2.14. The minimum atomic E-state index is -0.420. The van der Waals surface area contributed by atoms with E-state index in [1.165, 1.54) is 4.57 Å². The van der Waals surface area contributed by atoms with Crippen LogP contribution >= 0.6 is 28.3 Å². The predicted molar refractivity (Wildman–Crippen MR) is 88.4 cm³/mol. The van der Waals surface area contributed by atoms with Crippen LogP contribution in [0.15, 0.2) is 22.8 Å². The summed E-state index contributed by atoms with van der Waals surface area (Å²) in [5.74, 6) is 0.202. The van der Waals surface area contributed by atoms with Crippen molar-refractivity contribution in [1.29, 1.82) is 0 Å². The van der Waals surface area contributed by atoms with E-state index in [1.807, 2.05) is 25.1 Å². The Labute approximate surface area is 138 Å². The van der Waals surface area contributed by atoms with E-state index in [0.717, 1.165) is 10.9 Å². The molecule has 1 heterocycles. The lowest BCUT2D eigenvalue weighted by molar-refractivity contribution is 0.155. The van der Waals surface area contributed by atoms with Crippen LogP contribution in [0.5, 0.6) is 5.75 Å². The van der Waals surface area contributed by atoms with Crippen molar-refractivity contribution < 1.29 is 14.6 Å². The number of hydrogen-bond acceptors (Lipinski definition) is 4. The normalized spacial score (nSPS) is 10.7. The summed E-state index contributed by atoms with van der Waals surface area (Å²) in [6.45, 7) is 2.67. The van der Waals surface area contributed by atoms with Gasteiger partial charge in [-0.25, -0.2) is 4.79 Å². The highest BCUT2D eigenvalue weighted by Gasteiger charge is 2.17. The van der Waals surface area contributed by atoms with Crippen LogP contribution in [-0.4, -0.2) is 41.4 Å². The van der Waals surface area contributed by atoms with E-state index in [-0.39, 0.29) is 18.2 Å². The van der Waals surface area contributed by atoms with Gasteiger partial charge in [-0.2, -0.15) is 0 Å². The molecule has 116 valence electrons. The van der Waals surface area contributed by atoms with Crippen LogP contribution in [0.3, 0.4) is 0 Å². The fourth-order valence-corrected chi connectivity index (χ4v) is 2.59. The molecule has 1 aromatic heterocycles.